The summed E-state index contributed by atoms with van der Waals surface area (Å²) in [7, 11) is -1.02. The number of carbonyl (C=O) groups is 2. The second kappa shape index (κ2) is 11.5. The van der Waals surface area contributed by atoms with Crippen molar-refractivity contribution in [2.24, 2.45) is 0 Å². The summed E-state index contributed by atoms with van der Waals surface area (Å²) in [5, 5.41) is 7.67. The molecule has 3 N–H and O–H groups in total. The summed E-state index contributed by atoms with van der Waals surface area (Å²) in [6.45, 7) is 3.63. The van der Waals surface area contributed by atoms with Crippen LogP contribution >= 0.6 is 12.4 Å². The third-order valence-corrected chi connectivity index (χ3v) is 8.08. The number of rotatable bonds is 7. The highest BCUT2D eigenvalue weighted by molar-refractivity contribution is 7.90. The van der Waals surface area contributed by atoms with Crippen molar-refractivity contribution in [2.45, 2.75) is 32.5 Å². The Balaban J connectivity index is 0.00000380. The first-order valence-corrected chi connectivity index (χ1v) is 13.2. The Kier molecular flexibility index (Phi) is 8.80. The molecule has 11 heteroatoms. The van der Waals surface area contributed by atoms with Gasteiger partial charge in [-0.15, -0.1) is 12.4 Å². The van der Waals surface area contributed by atoms with E-state index >= 15 is 0 Å². The summed E-state index contributed by atoms with van der Waals surface area (Å²) in [5.41, 5.74) is 2.77. The van der Waals surface area contributed by atoms with Crippen LogP contribution in [0.4, 0.5) is 11.4 Å². The molecular weight excluding hydrogens is 514 g/mol. The molecule has 9 nitrogen and oxygen atoms in total. The molecule has 198 valence electrons. The molecule has 0 saturated carbocycles. The Labute approximate surface area is 223 Å². The van der Waals surface area contributed by atoms with E-state index in [0.717, 1.165) is 26.2 Å². The SMILES string of the molecule is CN[C@@H](C)C(=O)N[C@H]1CN(S(=O)(=O)NC)c2ccccc2N(Cc2c(C)ccc3ccccc23)C1=O.Cl. The van der Waals surface area contributed by atoms with Gasteiger partial charge in [0.25, 0.3) is 5.91 Å². The molecule has 37 heavy (non-hydrogen) atoms. The molecule has 3 aromatic rings. The van der Waals surface area contributed by atoms with Crippen LogP contribution in [0.15, 0.2) is 60.7 Å². The molecule has 0 bridgehead atoms. The van der Waals surface area contributed by atoms with Crippen molar-refractivity contribution < 1.29 is 18.0 Å². The molecule has 0 spiro atoms. The molecule has 0 unspecified atom stereocenters. The number of hydrogen-bond donors (Lipinski definition) is 3. The largest absolute Gasteiger partial charge is 0.341 e. The van der Waals surface area contributed by atoms with E-state index < -0.39 is 28.2 Å². The van der Waals surface area contributed by atoms with Crippen LogP contribution in [-0.2, 0) is 26.3 Å². The van der Waals surface area contributed by atoms with Gasteiger partial charge in [0.2, 0.25) is 5.91 Å². The molecule has 2 amide bonds. The van der Waals surface area contributed by atoms with E-state index in [4.69, 9.17) is 0 Å². The number of nitrogens with one attached hydrogen (secondary N) is 3. The van der Waals surface area contributed by atoms with Gasteiger partial charge in [-0.3, -0.25) is 13.9 Å². The van der Waals surface area contributed by atoms with Gasteiger partial charge >= 0.3 is 10.2 Å². The molecule has 0 fully saturated rings. The molecule has 0 aromatic heterocycles. The fourth-order valence-electron chi connectivity index (χ4n) is 4.40. The first kappa shape index (κ1) is 28.4. The zero-order valence-corrected chi connectivity index (χ0v) is 22.8. The number of likely N-dealkylation sites (N-methyl/N-ethyl adjacent to an activating group) is 1. The summed E-state index contributed by atoms with van der Waals surface area (Å²) in [5.74, 6) is -0.787. The smallest absolute Gasteiger partial charge is 0.301 e. The van der Waals surface area contributed by atoms with Crippen molar-refractivity contribution in [2.75, 3.05) is 29.8 Å². The van der Waals surface area contributed by atoms with Crippen molar-refractivity contribution >= 4 is 56.6 Å². The van der Waals surface area contributed by atoms with Gasteiger partial charge in [0, 0.05) is 7.05 Å². The van der Waals surface area contributed by atoms with Gasteiger partial charge in [-0.2, -0.15) is 8.42 Å². The lowest BCUT2D eigenvalue weighted by Crippen LogP contribution is -2.56. The standard InChI is InChI=1S/C26H31N5O4S.ClH/c1-17-13-14-19-9-5-6-10-20(19)21(17)15-30-23-11-7-8-12-24(23)31(36(34,35)28-4)16-22(26(30)33)29-25(32)18(2)27-3;/h5-14,18,22,27-28H,15-16H2,1-4H3,(H,29,32);1H/t18-,22-;/m0./s1. The first-order valence-electron chi connectivity index (χ1n) is 11.7. The third-order valence-electron chi connectivity index (χ3n) is 6.64. The number of fused-ring (bicyclic) bond motifs is 2. The normalized spacial score (nSPS) is 16.5. The van der Waals surface area contributed by atoms with Crippen LogP contribution in [0.2, 0.25) is 0 Å². The van der Waals surface area contributed by atoms with Crippen molar-refractivity contribution in [1.82, 2.24) is 15.4 Å². The fraction of sp³-hybridized carbons (Fsp3) is 0.308. The molecule has 1 heterocycles. The minimum Gasteiger partial charge on any atom is -0.341 e. The van der Waals surface area contributed by atoms with Crippen LogP contribution in [0.5, 0.6) is 0 Å². The quantitative estimate of drug-likeness (QED) is 0.422. The minimum atomic E-state index is -3.98. The van der Waals surface area contributed by atoms with Crippen LogP contribution in [-0.4, -0.2) is 53.0 Å². The molecule has 0 radical (unpaired) electrons. The Hall–Kier alpha value is -3.18. The number of nitrogens with zero attached hydrogens (tertiary/aromatic N) is 2. The zero-order chi connectivity index (χ0) is 26.0. The van der Waals surface area contributed by atoms with E-state index in [0.29, 0.717) is 11.4 Å². The lowest BCUT2D eigenvalue weighted by atomic mass is 9.99. The fourth-order valence-corrected chi connectivity index (χ4v) is 5.38. The van der Waals surface area contributed by atoms with Crippen LogP contribution in [0, 0.1) is 6.92 Å². The maximum Gasteiger partial charge on any atom is 0.301 e. The number of anilines is 2. The molecule has 4 rings (SSSR count). The topological polar surface area (TPSA) is 111 Å². The Morgan fingerprint density at radius 3 is 2.35 bits per heavy atom. The van der Waals surface area contributed by atoms with Crippen molar-refractivity contribution in [3.63, 3.8) is 0 Å². The lowest BCUT2D eigenvalue weighted by Gasteiger charge is -2.27. The van der Waals surface area contributed by atoms with E-state index in [1.54, 1.807) is 43.1 Å². The second-order valence-corrected chi connectivity index (χ2v) is 10.6. The van der Waals surface area contributed by atoms with Gasteiger partial charge in [0.05, 0.1) is 30.5 Å². The molecule has 0 aliphatic carbocycles. The maximum absolute atomic E-state index is 14.0. The van der Waals surface area contributed by atoms with E-state index in [-0.39, 0.29) is 31.4 Å². The summed E-state index contributed by atoms with van der Waals surface area (Å²) in [4.78, 5) is 28.4. The van der Waals surface area contributed by atoms with Crippen LogP contribution in [0.3, 0.4) is 0 Å². The van der Waals surface area contributed by atoms with E-state index in [1.165, 1.54) is 7.05 Å². The Morgan fingerprint density at radius 1 is 1.03 bits per heavy atom. The first-order chi connectivity index (χ1) is 17.2. The van der Waals surface area contributed by atoms with Crippen LogP contribution in [0.1, 0.15) is 18.1 Å². The third kappa shape index (κ3) is 5.57. The highest BCUT2D eigenvalue weighted by Crippen LogP contribution is 2.36. The molecule has 3 aromatic carbocycles. The van der Waals surface area contributed by atoms with Gasteiger partial charge in [0.1, 0.15) is 6.04 Å². The number of amides is 2. The molecule has 1 aliphatic rings. The van der Waals surface area contributed by atoms with E-state index in [2.05, 4.69) is 15.4 Å². The van der Waals surface area contributed by atoms with Crippen LogP contribution in [0.25, 0.3) is 10.8 Å². The van der Waals surface area contributed by atoms with E-state index in [9.17, 15) is 18.0 Å². The average molecular weight is 546 g/mol. The monoisotopic (exact) mass is 545 g/mol. The number of para-hydroxylation sites is 2. The maximum atomic E-state index is 14.0. The highest BCUT2D eigenvalue weighted by atomic mass is 35.5. The number of benzene rings is 3. The molecule has 0 saturated heterocycles. The Bertz CT molecular complexity index is 1420. The summed E-state index contributed by atoms with van der Waals surface area (Å²) < 4.78 is 29.6. The zero-order valence-electron chi connectivity index (χ0n) is 21.2. The van der Waals surface area contributed by atoms with Crippen LogP contribution < -0.4 is 24.6 Å². The van der Waals surface area contributed by atoms with Crippen molar-refractivity contribution in [3.8, 4) is 0 Å². The average Bonchev–Trinajstić information content (AvgIpc) is 3.00. The predicted octanol–water partition coefficient (Wildman–Crippen LogP) is 2.48. The summed E-state index contributed by atoms with van der Waals surface area (Å²) in [6, 6.07) is 17.2. The molecule has 1 aliphatic heterocycles. The Morgan fingerprint density at radius 2 is 1.68 bits per heavy atom. The van der Waals surface area contributed by atoms with Crippen molar-refractivity contribution in [3.05, 3.63) is 71.8 Å². The van der Waals surface area contributed by atoms with E-state index in [1.807, 2.05) is 43.3 Å². The van der Waals surface area contributed by atoms with Gasteiger partial charge in [0.15, 0.2) is 0 Å². The number of halogens is 1. The number of hydrogen-bond acceptors (Lipinski definition) is 5. The van der Waals surface area contributed by atoms with Gasteiger partial charge in [-0.05, 0) is 54.9 Å². The highest BCUT2D eigenvalue weighted by Gasteiger charge is 2.39. The lowest BCUT2D eigenvalue weighted by molar-refractivity contribution is -0.128. The summed E-state index contributed by atoms with van der Waals surface area (Å²) >= 11 is 0. The van der Waals surface area contributed by atoms with Gasteiger partial charge < -0.3 is 15.5 Å². The predicted molar refractivity (Wildman–Crippen MR) is 149 cm³/mol. The number of aryl methyl sites for hydroxylation is 1. The minimum absolute atomic E-state index is 0. The van der Waals surface area contributed by atoms with Crippen molar-refractivity contribution in [1.29, 1.82) is 0 Å². The molecular formula is C26H32ClN5O4S. The second-order valence-electron chi connectivity index (χ2n) is 8.81. The molecule has 2 atom stereocenters. The number of carbonyl (C=O) groups excluding carboxylic acids is 2. The van der Waals surface area contributed by atoms with Gasteiger partial charge in [-0.1, -0.05) is 48.5 Å². The van der Waals surface area contributed by atoms with Gasteiger partial charge in [-0.25, -0.2) is 4.72 Å². The summed E-state index contributed by atoms with van der Waals surface area (Å²) in [6.07, 6.45) is 0.